The van der Waals surface area contributed by atoms with Crippen LogP contribution in [-0.4, -0.2) is 11.1 Å². The Morgan fingerprint density at radius 2 is 2.00 bits per heavy atom. The highest BCUT2D eigenvalue weighted by Crippen LogP contribution is 2.05. The van der Waals surface area contributed by atoms with Crippen LogP contribution in [-0.2, 0) is 4.79 Å². The van der Waals surface area contributed by atoms with Crippen molar-refractivity contribution in [1.82, 2.24) is 0 Å². The zero-order valence-electron chi connectivity index (χ0n) is 7.97. The van der Waals surface area contributed by atoms with Crippen molar-refractivity contribution in [3.05, 3.63) is 11.6 Å². The maximum Gasteiger partial charge on any atom is 0.330 e. The van der Waals surface area contributed by atoms with Crippen LogP contribution in [0.1, 0.15) is 46.0 Å². The van der Waals surface area contributed by atoms with Crippen molar-refractivity contribution >= 4 is 5.97 Å². The summed E-state index contributed by atoms with van der Waals surface area (Å²) in [6.07, 6.45) is 7.50. The fourth-order valence-electron chi connectivity index (χ4n) is 0.977. The van der Waals surface area contributed by atoms with Gasteiger partial charge in [-0.3, -0.25) is 0 Å². The van der Waals surface area contributed by atoms with Crippen LogP contribution in [0.4, 0.5) is 0 Å². The van der Waals surface area contributed by atoms with E-state index in [0.717, 1.165) is 12.8 Å². The molecule has 0 aliphatic heterocycles. The zero-order valence-corrected chi connectivity index (χ0v) is 7.97. The van der Waals surface area contributed by atoms with Gasteiger partial charge in [0.1, 0.15) is 0 Å². The minimum atomic E-state index is -0.800. The van der Waals surface area contributed by atoms with Crippen LogP contribution in [0, 0.1) is 0 Å². The number of carboxylic acids is 1. The summed E-state index contributed by atoms with van der Waals surface area (Å²) in [6, 6.07) is 0. The van der Waals surface area contributed by atoms with Gasteiger partial charge in [-0.05, 0) is 19.8 Å². The van der Waals surface area contributed by atoms with E-state index in [1.54, 1.807) is 13.0 Å². The molecular formula is C10H18O2. The molecule has 12 heavy (non-hydrogen) atoms. The van der Waals surface area contributed by atoms with Gasteiger partial charge in [-0.15, -0.1) is 0 Å². The maximum absolute atomic E-state index is 10.4. The molecule has 0 saturated heterocycles. The molecule has 0 aliphatic rings. The highest BCUT2D eigenvalue weighted by molar-refractivity contribution is 5.85. The largest absolute Gasteiger partial charge is 0.478 e. The molecule has 0 aliphatic carbocycles. The van der Waals surface area contributed by atoms with Crippen LogP contribution in [0.3, 0.4) is 0 Å². The second-order valence-corrected chi connectivity index (χ2v) is 3.04. The predicted octanol–water partition coefficient (Wildman–Crippen LogP) is 2.99. The van der Waals surface area contributed by atoms with E-state index >= 15 is 0 Å². The van der Waals surface area contributed by atoms with E-state index < -0.39 is 5.97 Å². The molecule has 0 amide bonds. The Hall–Kier alpha value is -0.790. The fraction of sp³-hybridized carbons (Fsp3) is 0.700. The molecule has 0 spiro atoms. The molecule has 0 aromatic carbocycles. The van der Waals surface area contributed by atoms with Gasteiger partial charge in [0.05, 0.1) is 0 Å². The first-order valence-electron chi connectivity index (χ1n) is 4.58. The average molecular weight is 170 g/mol. The molecule has 0 aromatic rings. The molecule has 0 fully saturated rings. The first kappa shape index (κ1) is 11.2. The summed E-state index contributed by atoms with van der Waals surface area (Å²) < 4.78 is 0. The maximum atomic E-state index is 10.4. The van der Waals surface area contributed by atoms with Gasteiger partial charge < -0.3 is 5.11 Å². The highest BCUT2D eigenvalue weighted by atomic mass is 16.4. The number of carbonyl (C=O) groups is 1. The van der Waals surface area contributed by atoms with E-state index in [1.807, 2.05) is 0 Å². The van der Waals surface area contributed by atoms with Gasteiger partial charge in [0.25, 0.3) is 0 Å². The Balaban J connectivity index is 3.40. The number of allylic oxidation sites excluding steroid dienone is 1. The van der Waals surface area contributed by atoms with Crippen LogP contribution in [0.2, 0.25) is 0 Å². The molecule has 0 atom stereocenters. The second-order valence-electron chi connectivity index (χ2n) is 3.04. The van der Waals surface area contributed by atoms with Crippen LogP contribution in [0.15, 0.2) is 11.6 Å². The molecule has 2 heteroatoms. The lowest BCUT2D eigenvalue weighted by Gasteiger charge is -1.95. The SMILES string of the molecule is CCCCCCC=C(C)C(=O)O. The van der Waals surface area contributed by atoms with E-state index in [1.165, 1.54) is 19.3 Å². The number of unbranched alkanes of at least 4 members (excludes halogenated alkanes) is 4. The Morgan fingerprint density at radius 1 is 1.33 bits per heavy atom. The van der Waals surface area contributed by atoms with Gasteiger partial charge in [0.2, 0.25) is 0 Å². The summed E-state index contributed by atoms with van der Waals surface area (Å²) in [6.45, 7) is 3.81. The smallest absolute Gasteiger partial charge is 0.330 e. The lowest BCUT2D eigenvalue weighted by atomic mass is 10.1. The van der Waals surface area contributed by atoms with E-state index in [2.05, 4.69) is 6.92 Å². The topological polar surface area (TPSA) is 37.3 Å². The van der Waals surface area contributed by atoms with Gasteiger partial charge >= 0.3 is 5.97 Å². The molecule has 0 radical (unpaired) electrons. The van der Waals surface area contributed by atoms with Gasteiger partial charge in [0, 0.05) is 5.57 Å². The first-order valence-corrected chi connectivity index (χ1v) is 4.58. The van der Waals surface area contributed by atoms with Gasteiger partial charge in [-0.1, -0.05) is 32.3 Å². The standard InChI is InChI=1S/C10H18O2/c1-3-4-5-6-7-8-9(2)10(11)12/h8H,3-7H2,1-2H3,(H,11,12). The number of hydrogen-bond acceptors (Lipinski definition) is 1. The third kappa shape index (κ3) is 5.96. The Bertz CT molecular complexity index is 159. The lowest BCUT2D eigenvalue weighted by molar-refractivity contribution is -0.132. The third-order valence-corrected chi connectivity index (χ3v) is 1.85. The lowest BCUT2D eigenvalue weighted by Crippen LogP contribution is -1.95. The number of carboxylic acid groups (broad SMARTS) is 1. The third-order valence-electron chi connectivity index (χ3n) is 1.85. The average Bonchev–Trinajstić information content (AvgIpc) is 2.03. The van der Waals surface area contributed by atoms with E-state index in [4.69, 9.17) is 5.11 Å². The Kier molecular flexibility index (Phi) is 6.44. The monoisotopic (exact) mass is 170 g/mol. The fourth-order valence-corrected chi connectivity index (χ4v) is 0.977. The van der Waals surface area contributed by atoms with Crippen molar-refractivity contribution < 1.29 is 9.90 Å². The van der Waals surface area contributed by atoms with Gasteiger partial charge in [-0.2, -0.15) is 0 Å². The molecule has 0 heterocycles. The molecule has 0 saturated carbocycles. The van der Waals surface area contributed by atoms with E-state index in [9.17, 15) is 4.79 Å². The van der Waals surface area contributed by atoms with Crippen molar-refractivity contribution in [1.29, 1.82) is 0 Å². The molecule has 70 valence electrons. The summed E-state index contributed by atoms with van der Waals surface area (Å²) in [7, 11) is 0. The van der Waals surface area contributed by atoms with Crippen LogP contribution in [0.25, 0.3) is 0 Å². The van der Waals surface area contributed by atoms with Crippen molar-refractivity contribution in [3.63, 3.8) is 0 Å². The number of rotatable bonds is 6. The van der Waals surface area contributed by atoms with Crippen LogP contribution < -0.4 is 0 Å². The van der Waals surface area contributed by atoms with E-state index in [0.29, 0.717) is 5.57 Å². The summed E-state index contributed by atoms with van der Waals surface area (Å²) in [5.74, 6) is -0.800. The van der Waals surface area contributed by atoms with Crippen molar-refractivity contribution in [2.45, 2.75) is 46.0 Å². The molecule has 0 unspecified atom stereocenters. The minimum absolute atomic E-state index is 0.464. The van der Waals surface area contributed by atoms with Crippen molar-refractivity contribution in [2.75, 3.05) is 0 Å². The summed E-state index contributed by atoms with van der Waals surface area (Å²) >= 11 is 0. The predicted molar refractivity (Wildman–Crippen MR) is 50.2 cm³/mol. The van der Waals surface area contributed by atoms with Crippen LogP contribution >= 0.6 is 0 Å². The molecule has 0 bridgehead atoms. The Labute approximate surface area is 74.3 Å². The zero-order chi connectivity index (χ0) is 9.40. The molecule has 0 rings (SSSR count). The number of aliphatic carboxylic acids is 1. The molecule has 1 N–H and O–H groups in total. The Morgan fingerprint density at radius 3 is 2.50 bits per heavy atom. The quantitative estimate of drug-likeness (QED) is 0.491. The highest BCUT2D eigenvalue weighted by Gasteiger charge is 1.97. The summed E-state index contributed by atoms with van der Waals surface area (Å²) in [5.41, 5.74) is 0.464. The molecule has 0 aromatic heterocycles. The summed E-state index contributed by atoms with van der Waals surface area (Å²) in [4.78, 5) is 10.4. The van der Waals surface area contributed by atoms with Crippen molar-refractivity contribution in [3.8, 4) is 0 Å². The summed E-state index contributed by atoms with van der Waals surface area (Å²) in [5, 5.41) is 8.52. The first-order chi connectivity index (χ1) is 5.68. The second kappa shape index (κ2) is 6.89. The molecule has 2 nitrogen and oxygen atoms in total. The van der Waals surface area contributed by atoms with Crippen LogP contribution in [0.5, 0.6) is 0 Å². The van der Waals surface area contributed by atoms with E-state index in [-0.39, 0.29) is 0 Å². The molecular weight excluding hydrogens is 152 g/mol. The number of hydrogen-bond donors (Lipinski definition) is 1. The normalized spacial score (nSPS) is 11.7. The van der Waals surface area contributed by atoms with Gasteiger partial charge in [-0.25, -0.2) is 4.79 Å². The van der Waals surface area contributed by atoms with Crippen molar-refractivity contribution in [2.24, 2.45) is 0 Å². The minimum Gasteiger partial charge on any atom is -0.478 e. The van der Waals surface area contributed by atoms with Gasteiger partial charge in [0.15, 0.2) is 0 Å².